The molecule has 544 valence electrons. The van der Waals surface area contributed by atoms with Crippen LogP contribution >= 0.6 is 22.7 Å². The Morgan fingerprint density at radius 1 is 0.608 bits per heavy atom. The maximum absolute atomic E-state index is 14.2. The number of nitrogens with one attached hydrogen (secondary N) is 4. The van der Waals surface area contributed by atoms with Crippen LogP contribution in [0.1, 0.15) is 57.2 Å². The van der Waals surface area contributed by atoms with Crippen LogP contribution in [0.25, 0.3) is 6.08 Å². The van der Waals surface area contributed by atoms with Gasteiger partial charge in [0.1, 0.15) is 46.2 Å². The van der Waals surface area contributed by atoms with Crippen LogP contribution < -0.4 is 55.2 Å². The van der Waals surface area contributed by atoms with Crippen LogP contribution in [0.2, 0.25) is 0 Å². The SMILES string of the molecule is CCN(CC)c1cc(Nc2nc(Nc3cc(N(CC)CC)c(OC)cc3N=Nc3nc(N4CCOCC4)c(C(C(C)=O)C(=O)Nc4ccc(S(=O)(=O)O)cc4)s3)nc(N(CCO)CCO)n2)c(N=Nc2nc(N3CCOCC3)c(/C=C(\C(C)=O)C(=O)Nc3ccc(S(=O)(=O)O)cc3)s2)cc1OC. The summed E-state index contributed by atoms with van der Waals surface area (Å²) in [5.74, 6) is -2.73. The molecule has 3 aromatic heterocycles. The van der Waals surface area contributed by atoms with Crippen molar-refractivity contribution in [3.8, 4) is 11.5 Å². The number of ether oxygens (including phenoxy) is 4. The highest BCUT2D eigenvalue weighted by Crippen LogP contribution is 2.45. The molecule has 2 saturated heterocycles. The number of carbonyl (C=O) groups is 4. The van der Waals surface area contributed by atoms with E-state index >= 15 is 0 Å². The second-order valence-electron chi connectivity index (χ2n) is 22.5. The van der Waals surface area contributed by atoms with Crippen molar-refractivity contribution in [1.29, 1.82) is 0 Å². The highest BCUT2D eigenvalue weighted by Gasteiger charge is 2.35. The van der Waals surface area contributed by atoms with Crippen molar-refractivity contribution in [2.24, 2.45) is 20.5 Å². The number of methoxy groups -OCH3 is 2. The molecule has 1 unspecified atom stereocenters. The minimum absolute atomic E-state index is 0.0113. The van der Waals surface area contributed by atoms with Gasteiger partial charge in [0, 0.05) is 89.0 Å². The van der Waals surface area contributed by atoms with E-state index in [1.165, 1.54) is 58.4 Å². The molecule has 8 N–H and O–H groups in total. The van der Waals surface area contributed by atoms with Gasteiger partial charge in [-0.2, -0.15) is 41.8 Å². The van der Waals surface area contributed by atoms with Gasteiger partial charge in [-0.25, -0.2) is 0 Å². The van der Waals surface area contributed by atoms with Crippen LogP contribution in [0.3, 0.4) is 0 Å². The molecule has 0 aliphatic carbocycles. The third-order valence-electron chi connectivity index (χ3n) is 16.0. The summed E-state index contributed by atoms with van der Waals surface area (Å²) in [6.07, 6.45) is 1.39. The predicted molar refractivity (Wildman–Crippen MR) is 386 cm³/mol. The molecule has 9 rings (SSSR count). The van der Waals surface area contributed by atoms with E-state index in [0.717, 1.165) is 46.9 Å². The summed E-state index contributed by atoms with van der Waals surface area (Å²) in [5, 5.41) is 51.6. The van der Waals surface area contributed by atoms with Gasteiger partial charge in [0.25, 0.3) is 26.1 Å². The maximum Gasteiger partial charge on any atom is 0.294 e. The molecule has 2 amide bonds. The predicted octanol–water partition coefficient (Wildman–Crippen LogP) is 8.69. The highest BCUT2D eigenvalue weighted by atomic mass is 32.2. The highest BCUT2D eigenvalue weighted by molar-refractivity contribution is 7.86. The number of aliphatic hydroxyl groups is 2. The van der Waals surface area contributed by atoms with Gasteiger partial charge < -0.3 is 74.9 Å². The second-order valence-corrected chi connectivity index (χ2v) is 27.3. The molecule has 0 saturated carbocycles. The molecule has 2 aliphatic rings. The van der Waals surface area contributed by atoms with Crippen LogP contribution in [0.4, 0.5) is 85.2 Å². The number of morpholine rings is 2. The van der Waals surface area contributed by atoms with Crippen molar-refractivity contribution in [2.45, 2.75) is 57.3 Å². The fourth-order valence-corrected chi connectivity index (χ4v) is 13.7. The summed E-state index contributed by atoms with van der Waals surface area (Å²) in [6.45, 7) is 14.8. The third-order valence-corrected chi connectivity index (χ3v) is 19.6. The largest absolute Gasteiger partial charge is 0.494 e. The topological polar surface area (TPSA) is 433 Å². The van der Waals surface area contributed by atoms with Gasteiger partial charge in [0.15, 0.2) is 5.78 Å². The molecule has 34 nitrogen and oxygen atoms in total. The number of aliphatic hydroxyl groups excluding tert-OH is 2. The number of azo groups is 2. The normalized spacial score (nSPS) is 14.0. The summed E-state index contributed by atoms with van der Waals surface area (Å²) >= 11 is 1.99. The van der Waals surface area contributed by atoms with Crippen LogP contribution in [0.5, 0.6) is 11.5 Å². The number of anilines is 11. The quantitative estimate of drug-likeness (QED) is 0.00626. The first-order valence-electron chi connectivity index (χ1n) is 32.1. The van der Waals surface area contributed by atoms with Gasteiger partial charge in [-0.05, 0) is 108 Å². The van der Waals surface area contributed by atoms with Crippen molar-refractivity contribution in [3.63, 3.8) is 0 Å². The lowest BCUT2D eigenvalue weighted by molar-refractivity contribution is -0.126. The van der Waals surface area contributed by atoms with E-state index in [9.17, 15) is 55.3 Å². The Kier molecular flexibility index (Phi) is 26.0. The van der Waals surface area contributed by atoms with Gasteiger partial charge in [0.05, 0.1) is 102 Å². The Bertz CT molecular complexity index is 4480. The van der Waals surface area contributed by atoms with Gasteiger partial charge in [0.2, 0.25) is 34.0 Å². The van der Waals surface area contributed by atoms with Crippen LogP contribution in [0.15, 0.2) is 109 Å². The molecule has 38 heteroatoms. The minimum Gasteiger partial charge on any atom is -0.494 e. The summed E-state index contributed by atoms with van der Waals surface area (Å²) < 4.78 is 89.2. The summed E-state index contributed by atoms with van der Waals surface area (Å²) in [6, 6.07) is 16.4. The summed E-state index contributed by atoms with van der Waals surface area (Å²) in [5.41, 5.74) is 2.27. The van der Waals surface area contributed by atoms with E-state index in [4.69, 9.17) is 54.1 Å². The number of carbonyl (C=O) groups excluding carboxylic acids is 4. The van der Waals surface area contributed by atoms with Crippen LogP contribution in [-0.4, -0.2) is 204 Å². The van der Waals surface area contributed by atoms with Gasteiger partial charge >= 0.3 is 0 Å². The van der Waals surface area contributed by atoms with Crippen molar-refractivity contribution in [1.82, 2.24) is 24.9 Å². The maximum atomic E-state index is 14.2. The lowest BCUT2D eigenvalue weighted by atomic mass is 10.0. The first-order chi connectivity index (χ1) is 48.9. The summed E-state index contributed by atoms with van der Waals surface area (Å²) in [7, 11) is -6.03. The minimum atomic E-state index is -4.53. The Morgan fingerprint density at radius 2 is 1.05 bits per heavy atom. The molecule has 2 fully saturated rings. The number of amides is 2. The molecule has 0 radical (unpaired) electrons. The number of thiazole rings is 2. The van der Waals surface area contributed by atoms with Crippen molar-refractivity contribution in [2.75, 3.05) is 165 Å². The number of aromatic nitrogens is 5. The number of ketones is 2. The first kappa shape index (κ1) is 76.4. The van der Waals surface area contributed by atoms with Crippen molar-refractivity contribution in [3.05, 3.63) is 88.1 Å². The number of nitrogens with zero attached hydrogens (tertiary/aromatic N) is 14. The average Bonchev–Trinajstić information content (AvgIpc) is 1.51. The fraction of sp³-hybridized carbons (Fsp3) is 0.391. The zero-order valence-electron chi connectivity index (χ0n) is 57.0. The summed E-state index contributed by atoms with van der Waals surface area (Å²) in [4.78, 5) is 88.4. The number of benzene rings is 4. The third kappa shape index (κ3) is 19.0. The van der Waals surface area contributed by atoms with Crippen LogP contribution in [-0.2, 0) is 48.9 Å². The Labute approximate surface area is 596 Å². The Hall–Kier alpha value is -9.77. The molecule has 0 bridgehead atoms. The first-order valence-corrected chi connectivity index (χ1v) is 36.6. The average molecular weight is 1480 g/mol. The van der Waals surface area contributed by atoms with E-state index < -0.39 is 59.3 Å². The van der Waals surface area contributed by atoms with Crippen molar-refractivity contribution < 1.29 is 74.3 Å². The zero-order valence-corrected chi connectivity index (χ0v) is 60.2. The standard InChI is InChI=1S/C64H78N18O16S4/c1-9-78(10-2)49-34-45(47(36-51(49)95-7)74-76-63-69-56(80-23-29-97-30-24-80)53(99-63)33-44(38(5)85)58(87)65-40-13-17-42(18-14-40)101(89,90)91)67-60-71-61(73-62(72-60)82(21-27-83)22-28-84)68-46-35-50(79(11-3)12-4)52(96-8)37-48(46)75-77-64-70-57(81-25-31-98-32-26-81)55(100-64)54(39(6)86)59(88)66-41-15-19-43(20-16-41)102(92,93)94/h13-20,33-37,54,83-84H,9-12,21-32H2,1-8H3,(H,65,87)(H,66,88)(H,89,90,91)(H,92,93,94)(H2,67,68,71,72,73)/b44-33+,76-74?,77-75?. The Balaban J connectivity index is 1.13. The van der Waals surface area contributed by atoms with Gasteiger partial charge in [-0.1, -0.05) is 22.7 Å². The molecule has 0 spiro atoms. The lowest BCUT2D eigenvalue weighted by Crippen LogP contribution is -2.38. The molecular weight excluding hydrogens is 1410 g/mol. The van der Waals surface area contributed by atoms with E-state index in [1.807, 2.05) is 47.3 Å². The van der Waals surface area contributed by atoms with Crippen molar-refractivity contribution >= 4 is 158 Å². The molecule has 4 aromatic carbocycles. The molecule has 1 atom stereocenters. The zero-order chi connectivity index (χ0) is 73.4. The number of hydrogen-bond acceptors (Lipinski definition) is 32. The monoisotopic (exact) mass is 1480 g/mol. The van der Waals surface area contributed by atoms with Crippen LogP contribution in [0, 0.1) is 0 Å². The molecule has 7 aromatic rings. The molecule has 5 heterocycles. The number of Topliss-reactive ketones (excluding diaryl/α,β-unsaturated/α-hetero) is 2. The lowest BCUT2D eigenvalue weighted by Gasteiger charge is -2.28. The molecule has 102 heavy (non-hydrogen) atoms. The van der Waals surface area contributed by atoms with E-state index in [2.05, 4.69) is 31.5 Å². The smallest absolute Gasteiger partial charge is 0.294 e. The molecular formula is C64H78N18O16S4. The Morgan fingerprint density at radius 3 is 1.47 bits per heavy atom. The van der Waals surface area contributed by atoms with E-state index in [1.54, 1.807) is 29.2 Å². The number of hydrogen-bond donors (Lipinski definition) is 8. The number of rotatable bonds is 33. The van der Waals surface area contributed by atoms with Gasteiger partial charge in [-0.3, -0.25) is 28.3 Å². The molecule has 2 aliphatic heterocycles. The fourth-order valence-electron chi connectivity index (χ4n) is 10.8. The van der Waals surface area contributed by atoms with E-state index in [-0.39, 0.29) is 93.3 Å². The second kappa shape index (κ2) is 34.7. The van der Waals surface area contributed by atoms with E-state index in [0.29, 0.717) is 124 Å². The van der Waals surface area contributed by atoms with Gasteiger partial charge in [-0.15, -0.1) is 20.5 Å².